The second-order valence-corrected chi connectivity index (χ2v) is 7.11. The average Bonchev–Trinajstić information content (AvgIpc) is 3.15. The first-order chi connectivity index (χ1) is 13.7. The van der Waals surface area contributed by atoms with E-state index in [1.165, 1.54) is 17.7 Å². The Hall–Kier alpha value is -2.64. The Morgan fingerprint density at radius 1 is 1.00 bits per heavy atom. The van der Waals surface area contributed by atoms with Gasteiger partial charge in [-0.25, -0.2) is 4.39 Å². The van der Waals surface area contributed by atoms with Gasteiger partial charge in [-0.15, -0.1) is 0 Å². The van der Waals surface area contributed by atoms with Crippen LogP contribution in [-0.2, 0) is 11.3 Å². The Bertz CT molecular complexity index is 837. The van der Waals surface area contributed by atoms with Crippen LogP contribution >= 0.6 is 0 Å². The van der Waals surface area contributed by atoms with Crippen LogP contribution in [0.25, 0.3) is 0 Å². The van der Waals surface area contributed by atoms with Gasteiger partial charge >= 0.3 is 0 Å². The van der Waals surface area contributed by atoms with Gasteiger partial charge in [0.05, 0.1) is 0 Å². The lowest BCUT2D eigenvalue weighted by Crippen LogP contribution is -2.46. The largest absolute Gasteiger partial charge is 0.454 e. The number of ether oxygens (including phenoxy) is 2. The lowest BCUT2D eigenvalue weighted by molar-refractivity contribution is -0.116. The molecular formula is C21H24FN3O3. The molecule has 0 bridgehead atoms. The molecule has 1 fully saturated rings. The molecule has 2 aromatic carbocycles. The van der Waals surface area contributed by atoms with Crippen molar-refractivity contribution in [2.75, 3.05) is 44.8 Å². The molecule has 0 atom stereocenters. The van der Waals surface area contributed by atoms with E-state index in [4.69, 9.17) is 9.47 Å². The number of benzene rings is 2. The highest BCUT2D eigenvalue weighted by atomic mass is 19.1. The van der Waals surface area contributed by atoms with Crippen LogP contribution in [0.4, 0.5) is 10.1 Å². The van der Waals surface area contributed by atoms with E-state index in [0.29, 0.717) is 25.4 Å². The highest BCUT2D eigenvalue weighted by Gasteiger charge is 2.19. The Labute approximate surface area is 163 Å². The van der Waals surface area contributed by atoms with Crippen LogP contribution < -0.4 is 14.8 Å². The maximum atomic E-state index is 13.2. The smallest absolute Gasteiger partial charge is 0.231 e. The molecule has 6 nitrogen and oxygen atoms in total. The number of nitrogens with one attached hydrogen (secondary N) is 1. The van der Waals surface area contributed by atoms with Crippen molar-refractivity contribution in [1.82, 2.24) is 9.80 Å². The molecule has 1 saturated heterocycles. The number of halogens is 1. The first-order valence-electron chi connectivity index (χ1n) is 9.54. The normalized spacial score (nSPS) is 16.9. The summed E-state index contributed by atoms with van der Waals surface area (Å²) in [6, 6.07) is 12.1. The lowest BCUT2D eigenvalue weighted by atomic mass is 10.1. The fraction of sp³-hybridized carbons (Fsp3) is 0.381. The van der Waals surface area contributed by atoms with Crippen LogP contribution in [0.1, 0.15) is 12.0 Å². The molecule has 1 amide bonds. The summed E-state index contributed by atoms with van der Waals surface area (Å²) in [5.74, 6) is 1.19. The molecule has 2 aliphatic rings. The minimum atomic E-state index is -0.351. The predicted octanol–water partition coefficient (Wildman–Crippen LogP) is 2.70. The first-order valence-corrected chi connectivity index (χ1v) is 9.54. The quantitative estimate of drug-likeness (QED) is 0.829. The summed E-state index contributed by atoms with van der Waals surface area (Å²) >= 11 is 0. The zero-order valence-corrected chi connectivity index (χ0v) is 15.7. The molecule has 1 N–H and O–H groups in total. The van der Waals surface area contributed by atoms with Crippen molar-refractivity contribution in [3.8, 4) is 11.5 Å². The molecule has 0 radical (unpaired) electrons. The number of carbonyl (C=O) groups is 1. The van der Waals surface area contributed by atoms with Gasteiger partial charge in [0.15, 0.2) is 11.5 Å². The number of fused-ring (bicyclic) bond motifs is 1. The minimum absolute atomic E-state index is 0.0895. The molecule has 2 aromatic rings. The molecule has 0 spiro atoms. The Balaban J connectivity index is 1.18. The van der Waals surface area contributed by atoms with Gasteiger partial charge in [-0.1, -0.05) is 12.1 Å². The van der Waals surface area contributed by atoms with Gasteiger partial charge in [-0.05, 0) is 35.9 Å². The zero-order chi connectivity index (χ0) is 19.3. The van der Waals surface area contributed by atoms with Crippen molar-refractivity contribution in [3.05, 3.63) is 53.8 Å². The number of carbonyl (C=O) groups excluding carboxylic acids is 1. The molecule has 4 rings (SSSR count). The van der Waals surface area contributed by atoms with E-state index in [2.05, 4.69) is 21.2 Å². The Morgan fingerprint density at radius 2 is 1.79 bits per heavy atom. The fourth-order valence-corrected chi connectivity index (χ4v) is 3.52. The van der Waals surface area contributed by atoms with E-state index >= 15 is 0 Å². The van der Waals surface area contributed by atoms with E-state index in [-0.39, 0.29) is 11.7 Å². The van der Waals surface area contributed by atoms with Crippen LogP contribution in [-0.4, -0.2) is 55.2 Å². The third-order valence-corrected chi connectivity index (χ3v) is 5.07. The van der Waals surface area contributed by atoms with Gasteiger partial charge in [0.1, 0.15) is 5.82 Å². The predicted molar refractivity (Wildman–Crippen MR) is 104 cm³/mol. The van der Waals surface area contributed by atoms with E-state index in [1.54, 1.807) is 12.1 Å². The van der Waals surface area contributed by atoms with Crippen LogP contribution in [0.2, 0.25) is 0 Å². The highest BCUT2D eigenvalue weighted by Crippen LogP contribution is 2.32. The zero-order valence-electron chi connectivity index (χ0n) is 15.7. The third-order valence-electron chi connectivity index (χ3n) is 5.07. The molecular weight excluding hydrogens is 361 g/mol. The number of hydrogen-bond acceptors (Lipinski definition) is 5. The maximum Gasteiger partial charge on any atom is 0.231 e. The lowest BCUT2D eigenvalue weighted by Gasteiger charge is -2.34. The van der Waals surface area contributed by atoms with Crippen molar-refractivity contribution in [2.45, 2.75) is 13.0 Å². The van der Waals surface area contributed by atoms with Crippen LogP contribution in [0, 0.1) is 5.82 Å². The van der Waals surface area contributed by atoms with Gasteiger partial charge in [0.25, 0.3) is 0 Å². The SMILES string of the molecule is O=C(CCN1CCN(Cc2ccc3c(c2)OCO3)CC1)Nc1cccc(F)c1. The molecule has 2 aliphatic heterocycles. The summed E-state index contributed by atoms with van der Waals surface area (Å²) < 4.78 is 24.0. The molecule has 0 aromatic heterocycles. The number of amides is 1. The third kappa shape index (κ3) is 4.79. The van der Waals surface area contributed by atoms with Gasteiger partial charge < -0.3 is 19.7 Å². The Kier molecular flexibility index (Phi) is 5.73. The molecule has 0 aliphatic carbocycles. The van der Waals surface area contributed by atoms with Crippen molar-refractivity contribution < 1.29 is 18.7 Å². The molecule has 0 saturated carbocycles. The summed E-state index contributed by atoms with van der Waals surface area (Å²) in [5, 5.41) is 2.75. The number of rotatable bonds is 6. The number of hydrogen-bond donors (Lipinski definition) is 1. The van der Waals surface area contributed by atoms with Gasteiger partial charge in [-0.2, -0.15) is 0 Å². The van der Waals surface area contributed by atoms with Gasteiger partial charge in [0, 0.05) is 51.4 Å². The van der Waals surface area contributed by atoms with Gasteiger partial charge in [-0.3, -0.25) is 9.69 Å². The summed E-state index contributed by atoms with van der Waals surface area (Å²) in [7, 11) is 0. The Morgan fingerprint density at radius 3 is 2.61 bits per heavy atom. The van der Waals surface area contributed by atoms with E-state index in [0.717, 1.165) is 44.2 Å². The number of anilines is 1. The van der Waals surface area contributed by atoms with Crippen LogP contribution in [0.3, 0.4) is 0 Å². The molecule has 148 valence electrons. The van der Waals surface area contributed by atoms with Crippen molar-refractivity contribution in [3.63, 3.8) is 0 Å². The fourth-order valence-electron chi connectivity index (χ4n) is 3.52. The van der Waals surface area contributed by atoms with E-state index in [9.17, 15) is 9.18 Å². The van der Waals surface area contributed by atoms with Crippen molar-refractivity contribution in [2.24, 2.45) is 0 Å². The average molecular weight is 385 g/mol. The monoisotopic (exact) mass is 385 g/mol. The van der Waals surface area contributed by atoms with E-state index < -0.39 is 0 Å². The number of nitrogens with zero attached hydrogens (tertiary/aromatic N) is 2. The minimum Gasteiger partial charge on any atom is -0.454 e. The second-order valence-electron chi connectivity index (χ2n) is 7.11. The molecule has 28 heavy (non-hydrogen) atoms. The first kappa shape index (κ1) is 18.7. The van der Waals surface area contributed by atoms with E-state index in [1.807, 2.05) is 12.1 Å². The topological polar surface area (TPSA) is 54.0 Å². The highest BCUT2D eigenvalue weighted by molar-refractivity contribution is 5.90. The van der Waals surface area contributed by atoms with Gasteiger partial charge in [0.2, 0.25) is 12.7 Å². The van der Waals surface area contributed by atoms with Crippen molar-refractivity contribution in [1.29, 1.82) is 0 Å². The molecule has 7 heteroatoms. The number of piperazine rings is 1. The molecule has 2 heterocycles. The standard InChI is InChI=1S/C21H24FN3O3/c22-17-2-1-3-18(13-17)23-21(26)6-7-24-8-10-25(11-9-24)14-16-4-5-19-20(12-16)28-15-27-19/h1-5,12-13H,6-11,14-15H2,(H,23,26). The summed E-state index contributed by atoms with van der Waals surface area (Å²) in [4.78, 5) is 16.8. The van der Waals surface area contributed by atoms with Crippen LogP contribution in [0.5, 0.6) is 11.5 Å². The summed E-state index contributed by atoms with van der Waals surface area (Å²) in [5.41, 5.74) is 1.71. The second kappa shape index (κ2) is 8.58. The summed E-state index contributed by atoms with van der Waals surface area (Å²) in [6.07, 6.45) is 0.401. The maximum absolute atomic E-state index is 13.2. The van der Waals surface area contributed by atoms with Crippen molar-refractivity contribution >= 4 is 11.6 Å². The van der Waals surface area contributed by atoms with Crippen LogP contribution in [0.15, 0.2) is 42.5 Å². The summed E-state index contributed by atoms with van der Waals surface area (Å²) in [6.45, 7) is 5.66. The molecule has 0 unspecified atom stereocenters.